The summed E-state index contributed by atoms with van der Waals surface area (Å²) in [5, 5.41) is 3.08. The van der Waals surface area contributed by atoms with E-state index in [2.05, 4.69) is 5.32 Å². The second-order valence-electron chi connectivity index (χ2n) is 12.7. The normalized spacial score (nSPS) is 12.3. The SMILES string of the molecule is CCc1ccccc1N(CC(=O)N(Cc1ccccc1C)[C@@H](Cc1ccccc1)C(=O)NC(C)(C)C)S(=O)(=O)c1ccc(C)cc1. The number of para-hydroxylation sites is 1. The van der Waals surface area contributed by atoms with Crippen LogP contribution in [-0.2, 0) is 39.0 Å². The molecule has 242 valence electrons. The lowest BCUT2D eigenvalue weighted by atomic mass is 10.00. The summed E-state index contributed by atoms with van der Waals surface area (Å²) in [6.45, 7) is 11.2. The number of nitrogens with one attached hydrogen (secondary N) is 1. The molecule has 4 aromatic rings. The fraction of sp³-hybridized carbons (Fsp3) is 0.316. The third kappa shape index (κ3) is 8.63. The molecule has 0 saturated carbocycles. The van der Waals surface area contributed by atoms with E-state index in [9.17, 15) is 18.0 Å². The maximum Gasteiger partial charge on any atom is 0.264 e. The Kier molecular flexibility index (Phi) is 11.1. The van der Waals surface area contributed by atoms with Gasteiger partial charge >= 0.3 is 0 Å². The predicted octanol–water partition coefficient (Wildman–Crippen LogP) is 6.62. The number of aryl methyl sites for hydroxylation is 3. The number of nitrogens with zero attached hydrogens (tertiary/aromatic N) is 2. The minimum Gasteiger partial charge on any atom is -0.350 e. The molecule has 0 heterocycles. The molecule has 2 amide bonds. The number of amides is 2. The second kappa shape index (κ2) is 14.8. The average Bonchev–Trinajstić information content (AvgIpc) is 3.02. The highest BCUT2D eigenvalue weighted by atomic mass is 32.2. The van der Waals surface area contributed by atoms with E-state index in [1.165, 1.54) is 4.31 Å². The summed E-state index contributed by atoms with van der Waals surface area (Å²) in [4.78, 5) is 30.4. The van der Waals surface area contributed by atoms with Gasteiger partial charge in [-0.15, -0.1) is 0 Å². The summed E-state index contributed by atoms with van der Waals surface area (Å²) >= 11 is 0. The first-order valence-corrected chi connectivity index (χ1v) is 17.1. The van der Waals surface area contributed by atoms with Crippen LogP contribution in [0, 0.1) is 13.8 Å². The quantitative estimate of drug-likeness (QED) is 0.189. The Morgan fingerprint density at radius 3 is 1.98 bits per heavy atom. The predicted molar refractivity (Wildman–Crippen MR) is 185 cm³/mol. The topological polar surface area (TPSA) is 86.8 Å². The van der Waals surface area contributed by atoms with Gasteiger partial charge in [-0.1, -0.05) is 97.4 Å². The van der Waals surface area contributed by atoms with Crippen molar-refractivity contribution in [3.05, 3.63) is 131 Å². The Labute approximate surface area is 274 Å². The first-order valence-electron chi connectivity index (χ1n) is 15.7. The molecule has 0 aliphatic carbocycles. The summed E-state index contributed by atoms with van der Waals surface area (Å²) in [5.74, 6) is -0.782. The second-order valence-corrected chi connectivity index (χ2v) is 14.6. The number of benzene rings is 4. The molecule has 1 N–H and O–H groups in total. The molecule has 0 fully saturated rings. The highest BCUT2D eigenvalue weighted by Gasteiger charge is 2.36. The lowest BCUT2D eigenvalue weighted by Crippen LogP contribution is -2.56. The van der Waals surface area contributed by atoms with E-state index < -0.39 is 34.1 Å². The first-order chi connectivity index (χ1) is 21.8. The van der Waals surface area contributed by atoms with Gasteiger partial charge in [0.15, 0.2) is 0 Å². The van der Waals surface area contributed by atoms with Crippen molar-refractivity contribution < 1.29 is 18.0 Å². The van der Waals surface area contributed by atoms with E-state index in [4.69, 9.17) is 0 Å². The Bertz CT molecular complexity index is 1750. The van der Waals surface area contributed by atoms with Gasteiger partial charge in [0.1, 0.15) is 12.6 Å². The van der Waals surface area contributed by atoms with Gasteiger partial charge in [-0.25, -0.2) is 8.42 Å². The molecule has 0 aliphatic heterocycles. The summed E-state index contributed by atoms with van der Waals surface area (Å²) in [5.41, 5.74) is 4.34. The van der Waals surface area contributed by atoms with Crippen molar-refractivity contribution in [1.29, 1.82) is 0 Å². The van der Waals surface area contributed by atoms with Crippen LogP contribution < -0.4 is 9.62 Å². The minimum atomic E-state index is -4.16. The zero-order valence-electron chi connectivity index (χ0n) is 27.7. The Hall–Kier alpha value is -4.43. The van der Waals surface area contributed by atoms with Crippen LogP contribution in [0.25, 0.3) is 0 Å². The van der Waals surface area contributed by atoms with Crippen molar-refractivity contribution >= 4 is 27.5 Å². The Balaban J connectivity index is 1.85. The molecule has 8 heteroatoms. The summed E-state index contributed by atoms with van der Waals surface area (Å²) in [7, 11) is -4.16. The van der Waals surface area contributed by atoms with E-state index in [1.807, 2.05) is 108 Å². The molecule has 0 spiro atoms. The summed E-state index contributed by atoms with van der Waals surface area (Å²) in [6.07, 6.45) is 0.832. The van der Waals surface area contributed by atoms with E-state index in [1.54, 1.807) is 41.3 Å². The van der Waals surface area contributed by atoms with Crippen molar-refractivity contribution in [3.63, 3.8) is 0 Å². The van der Waals surface area contributed by atoms with Crippen LogP contribution in [0.15, 0.2) is 108 Å². The van der Waals surface area contributed by atoms with Crippen LogP contribution in [0.5, 0.6) is 0 Å². The van der Waals surface area contributed by atoms with Crippen LogP contribution in [0.1, 0.15) is 55.5 Å². The number of carbonyl (C=O) groups is 2. The Morgan fingerprint density at radius 1 is 0.783 bits per heavy atom. The van der Waals surface area contributed by atoms with Crippen LogP contribution in [0.2, 0.25) is 0 Å². The molecule has 0 bridgehead atoms. The van der Waals surface area contributed by atoms with Gasteiger partial charge in [-0.3, -0.25) is 13.9 Å². The molecule has 0 aromatic heterocycles. The number of anilines is 1. The molecule has 1 atom stereocenters. The molecular formula is C38H45N3O4S. The summed E-state index contributed by atoms with van der Waals surface area (Å²) in [6, 6.07) is 30.3. The fourth-order valence-electron chi connectivity index (χ4n) is 5.38. The lowest BCUT2D eigenvalue weighted by Gasteiger charge is -2.36. The van der Waals surface area contributed by atoms with Gasteiger partial charge in [-0.2, -0.15) is 0 Å². The van der Waals surface area contributed by atoms with E-state index >= 15 is 0 Å². The van der Waals surface area contributed by atoms with Crippen molar-refractivity contribution in [2.75, 3.05) is 10.8 Å². The van der Waals surface area contributed by atoms with Crippen molar-refractivity contribution in [2.45, 2.75) is 77.4 Å². The minimum absolute atomic E-state index is 0.0913. The molecule has 4 rings (SSSR count). The van der Waals surface area contributed by atoms with Gasteiger partial charge in [0.05, 0.1) is 10.6 Å². The van der Waals surface area contributed by atoms with E-state index in [0.29, 0.717) is 12.1 Å². The smallest absolute Gasteiger partial charge is 0.264 e. The van der Waals surface area contributed by atoms with Crippen LogP contribution in [0.3, 0.4) is 0 Å². The zero-order valence-corrected chi connectivity index (χ0v) is 28.5. The highest BCUT2D eigenvalue weighted by Crippen LogP contribution is 2.29. The third-order valence-corrected chi connectivity index (χ3v) is 9.67. The standard InChI is InChI=1S/C38H45N3O4S/c1-7-31-18-13-14-20-34(31)41(46(44,45)33-23-21-28(2)22-24-33)27-36(42)40(26-32-19-12-11-15-29(32)3)35(37(43)39-38(4,5)6)25-30-16-9-8-10-17-30/h8-24,35H,7,25-27H2,1-6H3,(H,39,43)/t35-/m0/s1. The monoisotopic (exact) mass is 639 g/mol. The van der Waals surface area contributed by atoms with Crippen molar-refractivity contribution in [3.8, 4) is 0 Å². The first kappa shape index (κ1) is 34.4. The molecule has 46 heavy (non-hydrogen) atoms. The maximum absolute atomic E-state index is 14.7. The van der Waals surface area contributed by atoms with Crippen LogP contribution in [-0.4, -0.2) is 43.3 Å². The van der Waals surface area contributed by atoms with Crippen LogP contribution >= 0.6 is 0 Å². The third-order valence-electron chi connectivity index (χ3n) is 7.90. The Morgan fingerprint density at radius 2 is 1.37 bits per heavy atom. The van der Waals surface area contributed by atoms with Gasteiger partial charge in [0.25, 0.3) is 10.0 Å². The van der Waals surface area contributed by atoms with Gasteiger partial charge < -0.3 is 10.2 Å². The molecule has 4 aromatic carbocycles. The molecular weight excluding hydrogens is 595 g/mol. The van der Waals surface area contributed by atoms with Gasteiger partial charge in [-0.05, 0) is 81.5 Å². The number of sulfonamides is 1. The fourth-order valence-corrected chi connectivity index (χ4v) is 6.83. The number of rotatable bonds is 12. The van der Waals surface area contributed by atoms with Crippen molar-refractivity contribution in [2.24, 2.45) is 0 Å². The lowest BCUT2D eigenvalue weighted by molar-refractivity contribution is -0.140. The molecule has 0 radical (unpaired) electrons. The van der Waals surface area contributed by atoms with E-state index in [0.717, 1.165) is 27.8 Å². The van der Waals surface area contributed by atoms with Crippen molar-refractivity contribution in [1.82, 2.24) is 10.2 Å². The molecule has 0 unspecified atom stereocenters. The summed E-state index contributed by atoms with van der Waals surface area (Å²) < 4.78 is 29.9. The zero-order chi connectivity index (χ0) is 33.5. The number of hydrogen-bond acceptors (Lipinski definition) is 4. The molecule has 7 nitrogen and oxygen atoms in total. The molecule has 0 saturated heterocycles. The largest absolute Gasteiger partial charge is 0.350 e. The number of carbonyl (C=O) groups excluding carboxylic acids is 2. The molecule has 0 aliphatic rings. The maximum atomic E-state index is 14.7. The van der Waals surface area contributed by atoms with Crippen LogP contribution in [0.4, 0.5) is 5.69 Å². The highest BCUT2D eigenvalue weighted by molar-refractivity contribution is 7.92. The van der Waals surface area contributed by atoms with E-state index in [-0.39, 0.29) is 23.8 Å². The number of hydrogen-bond donors (Lipinski definition) is 1. The average molecular weight is 640 g/mol. The van der Waals surface area contributed by atoms with Gasteiger partial charge in [0.2, 0.25) is 11.8 Å². The van der Waals surface area contributed by atoms with Gasteiger partial charge in [0, 0.05) is 18.5 Å².